The monoisotopic (exact) mass is 464 g/mol. The quantitative estimate of drug-likeness (QED) is 0.362. The summed E-state index contributed by atoms with van der Waals surface area (Å²) in [6.45, 7) is 0. The second-order valence-corrected chi connectivity index (χ2v) is 6.01. The highest BCUT2D eigenvalue weighted by Gasteiger charge is 2.33. The number of carbonyl (C=O) groups is 3. The maximum Gasteiger partial charge on any atom is 0.360 e. The Bertz CT molecular complexity index is 1020. The Kier molecular flexibility index (Phi) is 7.75. The van der Waals surface area contributed by atoms with Crippen LogP contribution in [0.25, 0.3) is 0 Å². The maximum atomic E-state index is 14.1. The van der Waals surface area contributed by atoms with Crippen LogP contribution in [0.2, 0.25) is 5.02 Å². The van der Waals surface area contributed by atoms with Gasteiger partial charge in [0, 0.05) is 18.3 Å². The second-order valence-electron chi connectivity index (χ2n) is 5.60. The molecule has 0 radical (unpaired) electrons. The van der Waals surface area contributed by atoms with E-state index in [2.05, 4.69) is 9.72 Å². The third kappa shape index (κ3) is 5.40. The van der Waals surface area contributed by atoms with E-state index in [0.717, 1.165) is 13.2 Å². The number of methoxy groups -OCH3 is 2. The van der Waals surface area contributed by atoms with Gasteiger partial charge in [-0.25, -0.2) is 27.3 Å². The van der Waals surface area contributed by atoms with Crippen LogP contribution in [0.15, 0.2) is 24.4 Å². The van der Waals surface area contributed by atoms with Gasteiger partial charge in [-0.2, -0.15) is 0 Å². The van der Waals surface area contributed by atoms with E-state index < -0.39 is 41.8 Å². The molecule has 1 atom stereocenters. The van der Waals surface area contributed by atoms with Crippen molar-refractivity contribution in [1.82, 2.24) is 4.98 Å². The summed E-state index contributed by atoms with van der Waals surface area (Å²) in [6, 6.07) is 2.77. The molecule has 1 unspecified atom stereocenters. The Labute approximate surface area is 177 Å². The molecule has 31 heavy (non-hydrogen) atoms. The first-order chi connectivity index (χ1) is 14.6. The summed E-state index contributed by atoms with van der Waals surface area (Å²) in [5.41, 5.74) is -1.07. The third-order valence-corrected chi connectivity index (χ3v) is 3.95. The molecule has 0 saturated heterocycles. The first-order valence-electron chi connectivity index (χ1n) is 8.15. The van der Waals surface area contributed by atoms with E-state index in [4.69, 9.17) is 21.1 Å². The predicted octanol–water partition coefficient (Wildman–Crippen LogP) is 3.57. The summed E-state index contributed by atoms with van der Waals surface area (Å²) in [5.74, 6) is -6.84. The van der Waals surface area contributed by atoms with E-state index in [1.54, 1.807) is 5.32 Å². The van der Waals surface area contributed by atoms with Crippen LogP contribution in [0.5, 0.6) is 17.2 Å². The Morgan fingerprint density at radius 1 is 1.13 bits per heavy atom. The number of benzene rings is 1. The Balaban J connectivity index is 2.42. The predicted molar refractivity (Wildman–Crippen MR) is 98.1 cm³/mol. The number of ether oxygens (including phenoxy) is 3. The van der Waals surface area contributed by atoms with E-state index in [9.17, 15) is 31.9 Å². The highest BCUT2D eigenvalue weighted by Crippen LogP contribution is 2.39. The molecule has 0 aliphatic rings. The summed E-state index contributed by atoms with van der Waals surface area (Å²) in [6.07, 6.45) is -5.75. The van der Waals surface area contributed by atoms with Crippen LogP contribution < -0.4 is 14.8 Å². The third-order valence-electron chi connectivity index (χ3n) is 3.65. The number of alkyl halides is 3. The number of esters is 1. The number of nitrogens with zero attached hydrogens (tertiary/aromatic N) is 1. The minimum atomic E-state index is -3.73. The van der Waals surface area contributed by atoms with Crippen LogP contribution in [0.1, 0.15) is 10.5 Å². The van der Waals surface area contributed by atoms with Crippen molar-refractivity contribution in [1.29, 1.82) is 0 Å². The molecule has 13 heteroatoms. The number of ketones is 1. The molecule has 8 nitrogen and oxygen atoms in total. The molecule has 0 aliphatic heterocycles. The van der Waals surface area contributed by atoms with Gasteiger partial charge in [-0.15, -0.1) is 0 Å². The van der Waals surface area contributed by atoms with Gasteiger partial charge in [0.2, 0.25) is 17.7 Å². The number of halogens is 5. The van der Waals surface area contributed by atoms with Crippen molar-refractivity contribution in [2.24, 2.45) is 0 Å². The molecule has 1 heterocycles. The van der Waals surface area contributed by atoms with Crippen molar-refractivity contribution in [3.05, 3.63) is 40.9 Å². The van der Waals surface area contributed by atoms with Crippen molar-refractivity contribution >= 4 is 34.9 Å². The lowest BCUT2D eigenvalue weighted by atomic mass is 10.2. The van der Waals surface area contributed by atoms with Gasteiger partial charge >= 0.3 is 5.97 Å². The highest BCUT2D eigenvalue weighted by molar-refractivity contribution is 6.32. The zero-order valence-electron chi connectivity index (χ0n) is 15.8. The number of amides is 1. The SMILES string of the molecule is COC(=O)c1nccc(OC)c1Oc1cc(NC(=O)C(F)C(=O)C(F)F)c(F)cc1Cl. The summed E-state index contributed by atoms with van der Waals surface area (Å²) < 4.78 is 67.4. The standard InChI is InChI=1S/C18H13ClF4N2O6/c1-29-10-3-4-24-13(18(28)30-2)15(10)31-11-6-9(8(20)5-7(11)19)25-17(27)12(21)14(26)16(22)23/h3-6,12,16H,1-2H3,(H,25,27). The van der Waals surface area contributed by atoms with E-state index in [1.807, 2.05) is 0 Å². The van der Waals surface area contributed by atoms with Crippen LogP contribution >= 0.6 is 11.6 Å². The number of nitrogens with one attached hydrogen (secondary N) is 1. The van der Waals surface area contributed by atoms with Crippen LogP contribution in [-0.4, -0.2) is 49.5 Å². The number of Topliss-reactive ketones (excluding diaryl/α,β-unsaturated/α-hetero) is 1. The van der Waals surface area contributed by atoms with Gasteiger partial charge < -0.3 is 19.5 Å². The number of hydrogen-bond donors (Lipinski definition) is 1. The number of anilines is 1. The lowest BCUT2D eigenvalue weighted by Gasteiger charge is -2.15. The molecular formula is C18H13ClF4N2O6. The lowest BCUT2D eigenvalue weighted by Crippen LogP contribution is -2.35. The zero-order valence-corrected chi connectivity index (χ0v) is 16.5. The van der Waals surface area contributed by atoms with Crippen molar-refractivity contribution in [3.8, 4) is 17.2 Å². The lowest BCUT2D eigenvalue weighted by molar-refractivity contribution is -0.140. The van der Waals surface area contributed by atoms with E-state index >= 15 is 0 Å². The number of carbonyl (C=O) groups excluding carboxylic acids is 3. The Morgan fingerprint density at radius 3 is 2.39 bits per heavy atom. The minimum Gasteiger partial charge on any atom is -0.493 e. The average molecular weight is 465 g/mol. The molecule has 1 aromatic heterocycles. The molecular weight excluding hydrogens is 452 g/mol. The molecule has 0 aliphatic carbocycles. The van der Waals surface area contributed by atoms with Gasteiger partial charge in [-0.3, -0.25) is 9.59 Å². The smallest absolute Gasteiger partial charge is 0.360 e. The largest absolute Gasteiger partial charge is 0.493 e. The molecule has 2 rings (SSSR count). The fourth-order valence-electron chi connectivity index (χ4n) is 2.18. The number of hydrogen-bond acceptors (Lipinski definition) is 7. The molecule has 0 fully saturated rings. The number of aromatic nitrogens is 1. The number of pyridine rings is 1. The van der Waals surface area contributed by atoms with Gasteiger partial charge in [0.1, 0.15) is 11.6 Å². The van der Waals surface area contributed by atoms with Crippen LogP contribution in [0, 0.1) is 5.82 Å². The minimum absolute atomic E-state index is 0.00716. The molecule has 1 N–H and O–H groups in total. The van der Waals surface area contributed by atoms with Crippen LogP contribution in [0.3, 0.4) is 0 Å². The molecule has 0 saturated carbocycles. The first-order valence-corrected chi connectivity index (χ1v) is 8.53. The van der Waals surface area contributed by atoms with Crippen molar-refractivity contribution in [2.45, 2.75) is 12.6 Å². The van der Waals surface area contributed by atoms with Crippen LogP contribution in [0.4, 0.5) is 23.2 Å². The molecule has 2 aromatic rings. The highest BCUT2D eigenvalue weighted by atomic mass is 35.5. The summed E-state index contributed by atoms with van der Waals surface area (Å²) >= 11 is 5.92. The van der Waals surface area contributed by atoms with Gasteiger partial charge in [0.25, 0.3) is 12.3 Å². The van der Waals surface area contributed by atoms with Crippen molar-refractivity contribution < 1.29 is 46.2 Å². The van der Waals surface area contributed by atoms with Crippen LogP contribution in [-0.2, 0) is 14.3 Å². The number of rotatable bonds is 8. The second kappa shape index (κ2) is 10.1. The van der Waals surface area contributed by atoms with Crippen molar-refractivity contribution in [2.75, 3.05) is 19.5 Å². The fourth-order valence-corrected chi connectivity index (χ4v) is 2.37. The van der Waals surface area contributed by atoms with E-state index in [-0.39, 0.29) is 28.0 Å². The first kappa shape index (κ1) is 23.9. The Morgan fingerprint density at radius 2 is 1.81 bits per heavy atom. The fraction of sp³-hybridized carbons (Fsp3) is 0.222. The topological polar surface area (TPSA) is 104 Å². The average Bonchev–Trinajstić information content (AvgIpc) is 2.75. The van der Waals surface area contributed by atoms with Gasteiger partial charge in [-0.05, 0) is 6.07 Å². The van der Waals surface area contributed by atoms with Crippen molar-refractivity contribution in [3.63, 3.8) is 0 Å². The normalized spacial score (nSPS) is 11.6. The van der Waals surface area contributed by atoms with E-state index in [0.29, 0.717) is 6.07 Å². The summed E-state index contributed by atoms with van der Waals surface area (Å²) in [5, 5.41) is 1.31. The van der Waals surface area contributed by atoms with Gasteiger partial charge in [-0.1, -0.05) is 11.6 Å². The maximum absolute atomic E-state index is 14.1. The van der Waals surface area contributed by atoms with Gasteiger partial charge in [0.05, 0.1) is 24.9 Å². The molecule has 0 bridgehead atoms. The molecule has 1 amide bonds. The summed E-state index contributed by atoms with van der Waals surface area (Å²) in [7, 11) is 2.34. The molecule has 0 spiro atoms. The molecule has 1 aromatic carbocycles. The Hall–Kier alpha value is -3.41. The summed E-state index contributed by atoms with van der Waals surface area (Å²) in [4.78, 5) is 38.3. The molecule has 166 valence electrons. The van der Waals surface area contributed by atoms with Gasteiger partial charge in [0.15, 0.2) is 11.4 Å². The van der Waals surface area contributed by atoms with E-state index in [1.165, 1.54) is 19.4 Å². The zero-order chi connectivity index (χ0) is 23.3.